The zero-order valence-electron chi connectivity index (χ0n) is 16.2. The van der Waals surface area contributed by atoms with Gasteiger partial charge in [-0.05, 0) is 36.8 Å². The number of hydrogen-bond donors (Lipinski definition) is 1. The van der Waals surface area contributed by atoms with E-state index in [-0.39, 0.29) is 0 Å². The fraction of sp³-hybridized carbons (Fsp3) is 0.136. The van der Waals surface area contributed by atoms with Crippen LogP contribution in [-0.4, -0.2) is 23.0 Å². The normalized spacial score (nSPS) is 11.4. The summed E-state index contributed by atoms with van der Waals surface area (Å²) in [4.78, 5) is 20.4. The van der Waals surface area contributed by atoms with E-state index in [0.29, 0.717) is 22.7 Å². The summed E-state index contributed by atoms with van der Waals surface area (Å²) in [6.45, 7) is 8.98. The summed E-state index contributed by atoms with van der Waals surface area (Å²) in [5, 5.41) is 3.60. The van der Waals surface area contributed by atoms with Gasteiger partial charge < -0.3 is 10.1 Å². The lowest BCUT2D eigenvalue weighted by molar-refractivity contribution is 0.0601. The Morgan fingerprint density at radius 1 is 1.28 bits per heavy atom. The second-order valence-corrected chi connectivity index (χ2v) is 6.55. The van der Waals surface area contributed by atoms with Crippen LogP contribution in [0.15, 0.2) is 73.0 Å². The van der Waals surface area contributed by atoms with Gasteiger partial charge in [0.2, 0.25) is 0 Å². The van der Waals surface area contributed by atoms with E-state index in [1.54, 1.807) is 24.5 Å². The molecule has 150 valence electrons. The third-order valence-electron chi connectivity index (χ3n) is 3.85. The fourth-order valence-corrected chi connectivity index (χ4v) is 2.56. The van der Waals surface area contributed by atoms with E-state index < -0.39 is 11.8 Å². The van der Waals surface area contributed by atoms with Crippen molar-refractivity contribution in [2.45, 2.75) is 13.3 Å². The number of esters is 1. The number of nitrogens with one attached hydrogen (secondary N) is 1. The summed E-state index contributed by atoms with van der Waals surface area (Å²) in [7, 11) is 1.31. The van der Waals surface area contributed by atoms with Crippen molar-refractivity contribution in [3.8, 4) is 0 Å². The highest BCUT2D eigenvalue weighted by molar-refractivity contribution is 6.31. The van der Waals surface area contributed by atoms with Crippen LogP contribution in [0.4, 0.5) is 15.8 Å². The Bertz CT molecular complexity index is 999. The first kappa shape index (κ1) is 22.0. The summed E-state index contributed by atoms with van der Waals surface area (Å²) in [6, 6.07) is 3.52. The van der Waals surface area contributed by atoms with Gasteiger partial charge in [0.25, 0.3) is 0 Å². The van der Waals surface area contributed by atoms with Gasteiger partial charge in [0.05, 0.1) is 12.8 Å². The molecule has 0 aliphatic carbocycles. The summed E-state index contributed by atoms with van der Waals surface area (Å²) >= 11 is 6.05. The first-order valence-corrected chi connectivity index (χ1v) is 9.02. The number of aromatic nitrogens is 2. The Hall–Kier alpha value is -3.25. The molecule has 0 unspecified atom stereocenters. The minimum Gasteiger partial charge on any atom is -0.465 e. The average molecular weight is 414 g/mol. The summed E-state index contributed by atoms with van der Waals surface area (Å²) < 4.78 is 17.5. The number of carbonyl (C=O) groups is 1. The lowest BCUT2D eigenvalue weighted by Crippen LogP contribution is -2.07. The van der Waals surface area contributed by atoms with Crippen molar-refractivity contribution in [1.82, 2.24) is 9.97 Å². The highest BCUT2D eigenvalue weighted by Crippen LogP contribution is 2.28. The number of allylic oxidation sites excluding steroid dienone is 6. The van der Waals surface area contributed by atoms with Gasteiger partial charge in [-0.25, -0.2) is 9.18 Å². The van der Waals surface area contributed by atoms with Gasteiger partial charge in [-0.2, -0.15) is 0 Å². The maximum Gasteiger partial charge on any atom is 0.341 e. The zero-order valence-corrected chi connectivity index (χ0v) is 17.0. The van der Waals surface area contributed by atoms with Crippen molar-refractivity contribution in [3.63, 3.8) is 0 Å². The zero-order chi connectivity index (χ0) is 21.4. The minimum atomic E-state index is -0.578. The van der Waals surface area contributed by atoms with Gasteiger partial charge >= 0.3 is 5.97 Å². The fourth-order valence-electron chi connectivity index (χ4n) is 2.42. The van der Waals surface area contributed by atoms with Crippen LogP contribution in [0.25, 0.3) is 5.57 Å². The Balaban J connectivity index is 2.35. The number of anilines is 2. The molecule has 0 bridgehead atoms. The van der Waals surface area contributed by atoms with Crippen molar-refractivity contribution in [1.29, 1.82) is 0 Å². The molecule has 2 aromatic rings. The van der Waals surface area contributed by atoms with Crippen molar-refractivity contribution < 1.29 is 13.9 Å². The van der Waals surface area contributed by atoms with Crippen LogP contribution in [0.3, 0.4) is 0 Å². The SMILES string of the molecule is C=C(F)/C=C\C(Cl)=C/Cc1cc(Nc2ccncc2C(=O)OC)c(C(=C)C)cn1. The van der Waals surface area contributed by atoms with Gasteiger partial charge in [0.1, 0.15) is 11.4 Å². The first-order valence-electron chi connectivity index (χ1n) is 8.64. The summed E-state index contributed by atoms with van der Waals surface area (Å²) in [5.74, 6) is -1.08. The van der Waals surface area contributed by atoms with Crippen LogP contribution in [0.5, 0.6) is 0 Å². The molecule has 2 rings (SSSR count). The summed E-state index contributed by atoms with van der Waals surface area (Å²) in [5.41, 5.74) is 3.89. The predicted octanol–water partition coefficient (Wildman–Crippen LogP) is 5.74. The van der Waals surface area contributed by atoms with E-state index in [0.717, 1.165) is 22.5 Å². The van der Waals surface area contributed by atoms with E-state index in [1.165, 1.54) is 25.5 Å². The second kappa shape index (κ2) is 10.3. The summed E-state index contributed by atoms with van der Waals surface area (Å²) in [6.07, 6.45) is 9.44. The lowest BCUT2D eigenvalue weighted by atomic mass is 10.1. The van der Waals surface area contributed by atoms with Crippen LogP contribution in [0, 0.1) is 0 Å². The molecule has 0 spiro atoms. The van der Waals surface area contributed by atoms with Gasteiger partial charge in [0.15, 0.2) is 0 Å². The molecular formula is C22H21ClFN3O2. The first-order chi connectivity index (χ1) is 13.8. The number of hydrogen-bond acceptors (Lipinski definition) is 5. The molecule has 0 radical (unpaired) electrons. The molecular weight excluding hydrogens is 393 g/mol. The number of nitrogens with zero attached hydrogens (tertiary/aromatic N) is 2. The molecule has 0 aliphatic heterocycles. The average Bonchev–Trinajstić information content (AvgIpc) is 2.70. The van der Waals surface area contributed by atoms with E-state index in [1.807, 2.05) is 13.0 Å². The monoisotopic (exact) mass is 413 g/mol. The number of halogens is 2. The van der Waals surface area contributed by atoms with Crippen molar-refractivity contribution >= 4 is 34.5 Å². The molecule has 2 aromatic heterocycles. The topological polar surface area (TPSA) is 64.1 Å². The number of rotatable bonds is 8. The molecule has 0 saturated heterocycles. The quantitative estimate of drug-likeness (QED) is 0.441. The lowest BCUT2D eigenvalue weighted by Gasteiger charge is -2.15. The van der Waals surface area contributed by atoms with E-state index in [4.69, 9.17) is 16.3 Å². The molecule has 0 saturated carbocycles. The Kier molecular flexibility index (Phi) is 7.86. The van der Waals surface area contributed by atoms with Crippen LogP contribution in [0.1, 0.15) is 28.5 Å². The molecule has 1 N–H and O–H groups in total. The largest absolute Gasteiger partial charge is 0.465 e. The maximum absolute atomic E-state index is 12.7. The van der Waals surface area contributed by atoms with E-state index >= 15 is 0 Å². The van der Waals surface area contributed by atoms with Gasteiger partial charge in [0, 0.05) is 47.0 Å². The van der Waals surface area contributed by atoms with E-state index in [2.05, 4.69) is 28.4 Å². The molecule has 5 nitrogen and oxygen atoms in total. The molecule has 0 fully saturated rings. The Morgan fingerprint density at radius 2 is 2.03 bits per heavy atom. The molecule has 0 aliphatic rings. The molecule has 7 heteroatoms. The van der Waals surface area contributed by atoms with Crippen molar-refractivity contribution in [2.24, 2.45) is 0 Å². The maximum atomic E-state index is 12.7. The third kappa shape index (κ3) is 6.40. The number of carbonyl (C=O) groups excluding carboxylic acids is 1. The van der Waals surface area contributed by atoms with Gasteiger partial charge in [-0.1, -0.05) is 30.8 Å². The van der Waals surface area contributed by atoms with Crippen LogP contribution in [-0.2, 0) is 11.2 Å². The Labute approximate surface area is 174 Å². The standard InChI is InChI=1S/C22H21ClFN3O2/c1-14(2)18-13-26-17(8-7-16(23)6-5-15(3)24)11-21(18)27-20-9-10-25-12-19(20)22(28)29-4/h5-7,9-13H,1,3,8H2,2,4H3,(H,25,26,27)/b6-5-,16-7+. The number of pyridine rings is 2. The predicted molar refractivity (Wildman–Crippen MR) is 115 cm³/mol. The minimum absolute atomic E-state index is 0.306. The smallest absolute Gasteiger partial charge is 0.341 e. The third-order valence-corrected chi connectivity index (χ3v) is 4.13. The highest BCUT2D eigenvalue weighted by atomic mass is 35.5. The van der Waals surface area contributed by atoms with E-state index in [9.17, 15) is 9.18 Å². The highest BCUT2D eigenvalue weighted by Gasteiger charge is 2.14. The van der Waals surface area contributed by atoms with Gasteiger partial charge in [-0.3, -0.25) is 9.97 Å². The van der Waals surface area contributed by atoms with Crippen LogP contribution >= 0.6 is 11.6 Å². The molecule has 2 heterocycles. The molecule has 0 aromatic carbocycles. The van der Waals surface area contributed by atoms with Crippen molar-refractivity contribution in [2.75, 3.05) is 12.4 Å². The molecule has 29 heavy (non-hydrogen) atoms. The molecule has 0 amide bonds. The number of methoxy groups -OCH3 is 1. The van der Waals surface area contributed by atoms with Crippen molar-refractivity contribution in [3.05, 3.63) is 89.8 Å². The van der Waals surface area contributed by atoms with Gasteiger partial charge in [-0.15, -0.1) is 0 Å². The van der Waals surface area contributed by atoms with Crippen LogP contribution in [0.2, 0.25) is 0 Å². The molecule has 0 atom stereocenters. The number of ether oxygens (including phenoxy) is 1. The second-order valence-electron chi connectivity index (χ2n) is 6.11. The Morgan fingerprint density at radius 3 is 2.69 bits per heavy atom. The van der Waals surface area contributed by atoms with Crippen LogP contribution < -0.4 is 5.32 Å².